The molecule has 0 radical (unpaired) electrons. The summed E-state index contributed by atoms with van der Waals surface area (Å²) >= 11 is 2.92. The topological polar surface area (TPSA) is 60.4 Å². The van der Waals surface area contributed by atoms with Gasteiger partial charge >= 0.3 is 5.97 Å². The Labute approximate surface area is 262 Å². The molecule has 1 unspecified atom stereocenters. The van der Waals surface area contributed by atoms with Crippen LogP contribution >= 0.6 is 23.5 Å². The number of fused-ring (bicyclic) bond motifs is 2. The molecule has 4 nitrogen and oxygen atoms in total. The summed E-state index contributed by atoms with van der Waals surface area (Å²) in [6, 6.07) is 26.6. The molecule has 0 saturated heterocycles. The molecule has 43 heavy (non-hydrogen) atoms. The van der Waals surface area contributed by atoms with Crippen molar-refractivity contribution in [1.29, 1.82) is 0 Å². The molecule has 0 amide bonds. The van der Waals surface area contributed by atoms with E-state index in [1.165, 1.54) is 29.1 Å². The van der Waals surface area contributed by atoms with Crippen LogP contribution in [0.3, 0.4) is 0 Å². The van der Waals surface area contributed by atoms with E-state index >= 15 is 0 Å². The van der Waals surface area contributed by atoms with Gasteiger partial charge in [-0.3, -0.25) is 14.4 Å². The first-order chi connectivity index (χ1) is 20.6. The lowest BCUT2D eigenvalue weighted by Crippen LogP contribution is -2.22. The summed E-state index contributed by atoms with van der Waals surface area (Å²) in [4.78, 5) is 43.6. The predicted molar refractivity (Wildman–Crippen MR) is 174 cm³/mol. The molecule has 0 saturated carbocycles. The molecular formula is C37H36O4S2. The van der Waals surface area contributed by atoms with Crippen molar-refractivity contribution in [2.45, 2.75) is 78.9 Å². The predicted octanol–water partition coefficient (Wildman–Crippen LogP) is 9.79. The van der Waals surface area contributed by atoms with Gasteiger partial charge in [0.05, 0.1) is 5.92 Å². The summed E-state index contributed by atoms with van der Waals surface area (Å²) in [5, 5.41) is 0. The lowest BCUT2D eigenvalue weighted by Gasteiger charge is -2.22. The molecule has 0 aromatic heterocycles. The van der Waals surface area contributed by atoms with E-state index in [4.69, 9.17) is 4.74 Å². The quantitative estimate of drug-likeness (QED) is 0.123. The van der Waals surface area contributed by atoms with Gasteiger partial charge in [0.2, 0.25) is 0 Å². The van der Waals surface area contributed by atoms with Gasteiger partial charge in [0, 0.05) is 41.8 Å². The van der Waals surface area contributed by atoms with Crippen molar-refractivity contribution < 1.29 is 19.1 Å². The molecule has 1 atom stereocenters. The van der Waals surface area contributed by atoms with Crippen molar-refractivity contribution in [2.24, 2.45) is 5.92 Å². The summed E-state index contributed by atoms with van der Waals surface area (Å²) in [5.41, 5.74) is 3.04. The minimum atomic E-state index is -0.229. The number of ketones is 2. The molecule has 4 aromatic rings. The summed E-state index contributed by atoms with van der Waals surface area (Å²) in [6.45, 7) is 10.5. The molecule has 6 heteroatoms. The normalized spacial score (nSPS) is 13.3. The molecule has 220 valence electrons. The van der Waals surface area contributed by atoms with Crippen LogP contribution in [0.25, 0.3) is 0 Å². The number of hydrogen-bond donors (Lipinski definition) is 0. The third-order valence-corrected chi connectivity index (χ3v) is 9.74. The fourth-order valence-electron chi connectivity index (χ4n) is 5.05. The van der Waals surface area contributed by atoms with Crippen LogP contribution in [0.2, 0.25) is 0 Å². The highest BCUT2D eigenvalue weighted by molar-refractivity contribution is 7.99. The number of ether oxygens (including phenoxy) is 1. The van der Waals surface area contributed by atoms with E-state index < -0.39 is 0 Å². The molecule has 1 aliphatic carbocycles. The smallest absolute Gasteiger partial charge is 0.314 e. The van der Waals surface area contributed by atoms with Crippen LogP contribution in [0, 0.1) is 5.92 Å². The fraction of sp³-hybridized carbons (Fsp3) is 0.270. The van der Waals surface area contributed by atoms with Crippen LogP contribution in [0.4, 0.5) is 0 Å². The lowest BCUT2D eigenvalue weighted by atomic mass is 9.84. The Bertz CT molecular complexity index is 1660. The molecule has 0 bridgehead atoms. The minimum Gasteiger partial charge on any atom is -0.426 e. The van der Waals surface area contributed by atoms with E-state index in [-0.39, 0.29) is 28.9 Å². The zero-order valence-electron chi connectivity index (χ0n) is 25.2. The van der Waals surface area contributed by atoms with Gasteiger partial charge in [-0.1, -0.05) is 107 Å². The standard InChI is InChI=1S/C37H36O4S2/c1-6-7-10-23(2)36(40)41-25-17-21-27(22-18-25)43-31-14-9-12-29-33(31)35(39)28-11-8-13-30(32(28)34(29)38)42-26-19-15-24(16-20-26)37(3,4)5/h8-9,11-23H,6-7,10H2,1-5H3. The maximum absolute atomic E-state index is 13.9. The van der Waals surface area contributed by atoms with Crippen molar-refractivity contribution in [3.05, 3.63) is 113 Å². The second-order valence-corrected chi connectivity index (χ2v) is 14.2. The van der Waals surface area contributed by atoms with Gasteiger partial charge in [0.25, 0.3) is 0 Å². The molecule has 4 aromatic carbocycles. The highest BCUT2D eigenvalue weighted by atomic mass is 32.2. The monoisotopic (exact) mass is 608 g/mol. The van der Waals surface area contributed by atoms with Gasteiger partial charge in [-0.25, -0.2) is 0 Å². The van der Waals surface area contributed by atoms with Crippen LogP contribution in [0.15, 0.2) is 105 Å². The van der Waals surface area contributed by atoms with Crippen LogP contribution in [-0.4, -0.2) is 17.5 Å². The maximum atomic E-state index is 13.9. The first kappa shape index (κ1) is 30.8. The highest BCUT2D eigenvalue weighted by Gasteiger charge is 2.33. The second kappa shape index (κ2) is 12.9. The Kier molecular flexibility index (Phi) is 9.28. The molecular weight excluding hydrogens is 573 g/mol. The fourth-order valence-corrected chi connectivity index (χ4v) is 7.00. The zero-order valence-corrected chi connectivity index (χ0v) is 26.9. The van der Waals surface area contributed by atoms with Crippen molar-refractivity contribution in [3.63, 3.8) is 0 Å². The SMILES string of the molecule is CCCCC(C)C(=O)Oc1ccc(Sc2cccc3c2C(=O)c2cccc(Sc4ccc(C(C)(C)C)cc4)c2C3=O)cc1. The first-order valence-corrected chi connectivity index (χ1v) is 16.3. The number of hydrogen-bond acceptors (Lipinski definition) is 6. The van der Waals surface area contributed by atoms with Gasteiger partial charge in [-0.2, -0.15) is 0 Å². The van der Waals surface area contributed by atoms with E-state index in [1.54, 1.807) is 24.3 Å². The maximum Gasteiger partial charge on any atom is 0.314 e. The van der Waals surface area contributed by atoms with Crippen molar-refractivity contribution in [3.8, 4) is 5.75 Å². The molecule has 0 fully saturated rings. The van der Waals surface area contributed by atoms with Gasteiger partial charge in [-0.05, 0) is 65.9 Å². The Morgan fingerprint density at radius 2 is 1.23 bits per heavy atom. The van der Waals surface area contributed by atoms with Crippen LogP contribution in [0.1, 0.15) is 91.3 Å². The van der Waals surface area contributed by atoms with E-state index in [1.807, 2.05) is 43.3 Å². The largest absolute Gasteiger partial charge is 0.426 e. The van der Waals surface area contributed by atoms with Crippen LogP contribution in [0.5, 0.6) is 5.75 Å². The van der Waals surface area contributed by atoms with Gasteiger partial charge in [-0.15, -0.1) is 0 Å². The molecule has 1 aliphatic rings. The summed E-state index contributed by atoms with van der Waals surface area (Å²) in [5.74, 6) is -0.172. The number of benzene rings is 4. The number of carbonyl (C=O) groups is 3. The average Bonchev–Trinajstić information content (AvgIpc) is 2.99. The summed E-state index contributed by atoms with van der Waals surface area (Å²) in [6.07, 6.45) is 2.84. The zero-order chi connectivity index (χ0) is 30.7. The number of carbonyl (C=O) groups excluding carboxylic acids is 3. The lowest BCUT2D eigenvalue weighted by molar-refractivity contribution is -0.138. The number of rotatable bonds is 9. The third-order valence-electron chi connectivity index (χ3n) is 7.61. The highest BCUT2D eigenvalue weighted by Crippen LogP contribution is 2.41. The van der Waals surface area contributed by atoms with Crippen LogP contribution in [-0.2, 0) is 10.2 Å². The minimum absolute atomic E-state index is 0.0539. The second-order valence-electron chi connectivity index (χ2n) is 11.9. The summed E-state index contributed by atoms with van der Waals surface area (Å²) in [7, 11) is 0. The molecule has 0 spiro atoms. The molecule has 0 aliphatic heterocycles. The molecule has 5 rings (SSSR count). The average molecular weight is 609 g/mol. The van der Waals surface area contributed by atoms with Gasteiger partial charge in [0.15, 0.2) is 11.6 Å². The Balaban J connectivity index is 1.37. The first-order valence-electron chi connectivity index (χ1n) is 14.7. The Hall–Kier alpha value is -3.61. The van der Waals surface area contributed by atoms with Gasteiger partial charge in [0.1, 0.15) is 5.75 Å². The van der Waals surface area contributed by atoms with Crippen LogP contribution < -0.4 is 4.74 Å². The van der Waals surface area contributed by atoms with Crippen molar-refractivity contribution >= 4 is 41.1 Å². The summed E-state index contributed by atoms with van der Waals surface area (Å²) < 4.78 is 5.56. The third kappa shape index (κ3) is 6.81. The molecule has 0 N–H and O–H groups in total. The Morgan fingerprint density at radius 1 is 0.744 bits per heavy atom. The number of unbranched alkanes of at least 4 members (excludes halogenated alkanes) is 1. The Morgan fingerprint density at radius 3 is 1.70 bits per heavy atom. The van der Waals surface area contributed by atoms with E-state index in [0.717, 1.165) is 38.8 Å². The van der Waals surface area contributed by atoms with Crippen molar-refractivity contribution in [1.82, 2.24) is 0 Å². The number of esters is 1. The van der Waals surface area contributed by atoms with E-state index in [2.05, 4.69) is 52.0 Å². The van der Waals surface area contributed by atoms with E-state index in [9.17, 15) is 14.4 Å². The molecule has 0 heterocycles. The van der Waals surface area contributed by atoms with E-state index in [0.29, 0.717) is 28.0 Å². The van der Waals surface area contributed by atoms with Gasteiger partial charge < -0.3 is 4.74 Å². The van der Waals surface area contributed by atoms with Crippen molar-refractivity contribution in [2.75, 3.05) is 0 Å².